The molecule has 0 saturated carbocycles. The molecule has 0 atom stereocenters. The van der Waals surface area contributed by atoms with Crippen LogP contribution in [-0.4, -0.2) is 29.2 Å². The smallest absolute Gasteiger partial charge is 0.223 e. The lowest BCUT2D eigenvalue weighted by Gasteiger charge is -2.26. The summed E-state index contributed by atoms with van der Waals surface area (Å²) in [5.74, 6) is 0.307. The first kappa shape index (κ1) is 9.04. The van der Waals surface area contributed by atoms with Crippen molar-refractivity contribution in [3.8, 4) is 0 Å². The van der Waals surface area contributed by atoms with Crippen LogP contribution in [0.15, 0.2) is 0 Å². The molecule has 1 saturated heterocycles. The number of likely N-dealkylation sites (tertiary alicyclic amines) is 1. The first-order valence-corrected chi connectivity index (χ1v) is 5.30. The Kier molecular flexibility index (Phi) is 3.91. The van der Waals surface area contributed by atoms with Crippen LogP contribution in [0.5, 0.6) is 0 Å². The molecule has 64 valence electrons. The van der Waals surface area contributed by atoms with Crippen LogP contribution < -0.4 is 0 Å². The van der Waals surface area contributed by atoms with Crippen molar-refractivity contribution >= 4 is 21.8 Å². The van der Waals surface area contributed by atoms with Crippen molar-refractivity contribution < 1.29 is 4.79 Å². The van der Waals surface area contributed by atoms with Crippen molar-refractivity contribution in [3.05, 3.63) is 0 Å². The predicted molar refractivity (Wildman–Crippen MR) is 48.8 cm³/mol. The molecule has 0 aliphatic carbocycles. The maximum atomic E-state index is 11.3. The zero-order valence-electron chi connectivity index (χ0n) is 6.68. The van der Waals surface area contributed by atoms with Gasteiger partial charge in [-0.05, 0) is 19.3 Å². The number of hydrogen-bond acceptors (Lipinski definition) is 1. The highest BCUT2D eigenvalue weighted by molar-refractivity contribution is 9.09. The molecule has 0 radical (unpaired) electrons. The number of carbonyl (C=O) groups is 1. The first-order chi connectivity index (χ1) is 5.34. The Hall–Kier alpha value is -0.0500. The lowest BCUT2D eigenvalue weighted by Crippen LogP contribution is -2.35. The van der Waals surface area contributed by atoms with Gasteiger partial charge in [-0.2, -0.15) is 0 Å². The minimum atomic E-state index is 0.307. The van der Waals surface area contributed by atoms with Crippen LogP contribution in [-0.2, 0) is 4.79 Å². The summed E-state index contributed by atoms with van der Waals surface area (Å²) < 4.78 is 0. The third-order valence-electron chi connectivity index (χ3n) is 2.02. The molecule has 2 nitrogen and oxygen atoms in total. The lowest BCUT2D eigenvalue weighted by molar-refractivity contribution is -0.131. The van der Waals surface area contributed by atoms with Gasteiger partial charge in [-0.3, -0.25) is 4.79 Å². The maximum absolute atomic E-state index is 11.3. The van der Waals surface area contributed by atoms with E-state index < -0.39 is 0 Å². The van der Waals surface area contributed by atoms with Crippen molar-refractivity contribution in [1.29, 1.82) is 0 Å². The molecule has 1 fully saturated rings. The molecule has 1 heterocycles. The van der Waals surface area contributed by atoms with Crippen molar-refractivity contribution in [1.82, 2.24) is 4.90 Å². The SMILES string of the molecule is O=C(CCBr)N1CCCCC1. The molecule has 1 aliphatic rings. The Morgan fingerprint density at radius 3 is 2.45 bits per heavy atom. The van der Waals surface area contributed by atoms with E-state index in [-0.39, 0.29) is 0 Å². The van der Waals surface area contributed by atoms with Crippen LogP contribution in [0.25, 0.3) is 0 Å². The quantitative estimate of drug-likeness (QED) is 0.649. The van der Waals surface area contributed by atoms with Gasteiger partial charge in [0.15, 0.2) is 0 Å². The third-order valence-corrected chi connectivity index (χ3v) is 2.41. The Labute approximate surface area is 76.1 Å². The second-order valence-corrected chi connectivity index (χ2v) is 3.67. The van der Waals surface area contributed by atoms with Crippen molar-refractivity contribution in [2.75, 3.05) is 18.4 Å². The van der Waals surface area contributed by atoms with E-state index in [1.54, 1.807) is 0 Å². The largest absolute Gasteiger partial charge is 0.343 e. The second kappa shape index (κ2) is 4.75. The molecule has 11 heavy (non-hydrogen) atoms. The monoisotopic (exact) mass is 219 g/mol. The Bertz CT molecular complexity index is 132. The van der Waals surface area contributed by atoms with Crippen LogP contribution in [0.1, 0.15) is 25.7 Å². The van der Waals surface area contributed by atoms with E-state index in [0.29, 0.717) is 12.3 Å². The number of halogens is 1. The van der Waals surface area contributed by atoms with Gasteiger partial charge in [-0.1, -0.05) is 15.9 Å². The summed E-state index contributed by atoms with van der Waals surface area (Å²) in [6.07, 6.45) is 4.32. The minimum Gasteiger partial charge on any atom is -0.343 e. The highest BCUT2D eigenvalue weighted by atomic mass is 79.9. The molecule has 1 rings (SSSR count). The molecule has 1 aliphatic heterocycles. The fraction of sp³-hybridized carbons (Fsp3) is 0.875. The normalized spacial score (nSPS) is 18.5. The first-order valence-electron chi connectivity index (χ1n) is 4.18. The Balaban J connectivity index is 2.27. The fourth-order valence-corrected chi connectivity index (χ4v) is 1.72. The predicted octanol–water partition coefficient (Wildman–Crippen LogP) is 1.78. The van der Waals surface area contributed by atoms with Gasteiger partial charge in [0.05, 0.1) is 0 Å². The van der Waals surface area contributed by atoms with Crippen LogP contribution in [0.4, 0.5) is 0 Å². The number of carbonyl (C=O) groups excluding carboxylic acids is 1. The summed E-state index contributed by atoms with van der Waals surface area (Å²) >= 11 is 3.27. The van der Waals surface area contributed by atoms with Gasteiger partial charge in [0.1, 0.15) is 0 Å². The lowest BCUT2D eigenvalue weighted by atomic mass is 10.1. The van der Waals surface area contributed by atoms with Gasteiger partial charge in [-0.15, -0.1) is 0 Å². The molecule has 0 bridgehead atoms. The summed E-state index contributed by atoms with van der Waals surface area (Å²) in [7, 11) is 0. The van der Waals surface area contributed by atoms with E-state index in [1.807, 2.05) is 4.90 Å². The average molecular weight is 220 g/mol. The van der Waals surface area contributed by atoms with Gasteiger partial charge in [0, 0.05) is 24.8 Å². The average Bonchev–Trinajstić information content (AvgIpc) is 2.07. The molecule has 0 aromatic rings. The standard InChI is InChI=1S/C8H14BrNO/c9-5-4-8(11)10-6-2-1-3-7-10/h1-7H2. The highest BCUT2D eigenvalue weighted by Crippen LogP contribution is 2.09. The van der Waals surface area contributed by atoms with E-state index >= 15 is 0 Å². The highest BCUT2D eigenvalue weighted by Gasteiger charge is 2.14. The molecule has 0 aromatic heterocycles. The van der Waals surface area contributed by atoms with Gasteiger partial charge in [0.25, 0.3) is 0 Å². The van der Waals surface area contributed by atoms with Gasteiger partial charge in [-0.25, -0.2) is 0 Å². The van der Waals surface area contributed by atoms with E-state index in [9.17, 15) is 4.79 Å². The number of piperidine rings is 1. The number of hydrogen-bond donors (Lipinski definition) is 0. The molecule has 1 amide bonds. The zero-order valence-corrected chi connectivity index (χ0v) is 8.27. The molecule has 0 unspecified atom stereocenters. The van der Waals surface area contributed by atoms with Crippen molar-refractivity contribution in [3.63, 3.8) is 0 Å². The zero-order chi connectivity index (χ0) is 8.10. The third kappa shape index (κ3) is 2.81. The van der Waals surface area contributed by atoms with Gasteiger partial charge < -0.3 is 4.90 Å². The minimum absolute atomic E-state index is 0.307. The number of alkyl halides is 1. The summed E-state index contributed by atoms with van der Waals surface area (Å²) in [5.41, 5.74) is 0. The van der Waals surface area contributed by atoms with Crippen molar-refractivity contribution in [2.45, 2.75) is 25.7 Å². The molecule has 0 aromatic carbocycles. The summed E-state index contributed by atoms with van der Waals surface area (Å²) in [6.45, 7) is 1.96. The van der Waals surface area contributed by atoms with Gasteiger partial charge in [0.2, 0.25) is 5.91 Å². The molecule has 0 spiro atoms. The molecular formula is C8H14BrNO. The Morgan fingerprint density at radius 1 is 1.27 bits per heavy atom. The molecular weight excluding hydrogens is 206 g/mol. The van der Waals surface area contributed by atoms with E-state index in [0.717, 1.165) is 18.4 Å². The van der Waals surface area contributed by atoms with Gasteiger partial charge >= 0.3 is 0 Å². The topological polar surface area (TPSA) is 20.3 Å². The van der Waals surface area contributed by atoms with E-state index in [4.69, 9.17) is 0 Å². The second-order valence-electron chi connectivity index (χ2n) is 2.88. The summed E-state index contributed by atoms with van der Waals surface area (Å²) in [4.78, 5) is 13.3. The summed E-state index contributed by atoms with van der Waals surface area (Å²) in [6, 6.07) is 0. The van der Waals surface area contributed by atoms with Crippen LogP contribution in [0.3, 0.4) is 0 Å². The van der Waals surface area contributed by atoms with Crippen LogP contribution in [0, 0.1) is 0 Å². The summed E-state index contributed by atoms with van der Waals surface area (Å²) in [5, 5.41) is 0.794. The van der Waals surface area contributed by atoms with Crippen LogP contribution in [0.2, 0.25) is 0 Å². The fourth-order valence-electron chi connectivity index (χ4n) is 1.38. The van der Waals surface area contributed by atoms with E-state index in [2.05, 4.69) is 15.9 Å². The number of nitrogens with zero attached hydrogens (tertiary/aromatic N) is 1. The number of amides is 1. The Morgan fingerprint density at radius 2 is 1.91 bits per heavy atom. The number of rotatable bonds is 2. The van der Waals surface area contributed by atoms with Crippen molar-refractivity contribution in [2.24, 2.45) is 0 Å². The van der Waals surface area contributed by atoms with Crippen LogP contribution >= 0.6 is 15.9 Å². The molecule has 0 N–H and O–H groups in total. The molecule has 3 heteroatoms. The van der Waals surface area contributed by atoms with E-state index in [1.165, 1.54) is 19.3 Å². The maximum Gasteiger partial charge on any atom is 0.223 e.